The minimum atomic E-state index is -1.03. The molecule has 0 aliphatic rings. The minimum absolute atomic E-state index is 0.186. The first-order chi connectivity index (χ1) is 7.13. The van der Waals surface area contributed by atoms with Gasteiger partial charge in [-0.3, -0.25) is 0 Å². The van der Waals surface area contributed by atoms with Crippen molar-refractivity contribution in [2.24, 2.45) is 0 Å². The molecule has 0 aliphatic carbocycles. The van der Waals surface area contributed by atoms with Crippen LogP contribution in [0.4, 0.5) is 0 Å². The maximum Gasteiger partial charge on any atom is 0.329 e. The van der Waals surface area contributed by atoms with Crippen molar-refractivity contribution in [1.82, 2.24) is 0 Å². The number of ether oxygens (including phenoxy) is 3. The van der Waals surface area contributed by atoms with Gasteiger partial charge in [-0.1, -0.05) is 0 Å². The number of hydrogen-bond donors (Lipinski definition) is 2. The molecule has 0 aromatic rings. The highest BCUT2D eigenvalue weighted by Crippen LogP contribution is 1.81. The van der Waals surface area contributed by atoms with Gasteiger partial charge in [0.25, 0.3) is 0 Å². The minimum Gasteiger partial charge on any atom is -0.480 e. The first kappa shape index (κ1) is 13.8. The van der Waals surface area contributed by atoms with Crippen molar-refractivity contribution in [1.29, 1.82) is 0 Å². The molecule has 88 valence electrons. The molecule has 0 aromatic heterocycles. The highest BCUT2D eigenvalue weighted by Gasteiger charge is 1.97. The second kappa shape index (κ2) is 9.38. The van der Waals surface area contributed by atoms with Crippen molar-refractivity contribution < 1.29 is 34.0 Å². The van der Waals surface area contributed by atoms with E-state index in [-0.39, 0.29) is 39.6 Å². The molecule has 0 heterocycles. The molecule has 7 heteroatoms. The number of aliphatic carboxylic acids is 2. The van der Waals surface area contributed by atoms with Crippen LogP contribution in [0, 0.1) is 0 Å². The van der Waals surface area contributed by atoms with Crippen LogP contribution in [0.1, 0.15) is 0 Å². The summed E-state index contributed by atoms with van der Waals surface area (Å²) in [7, 11) is 0. The fraction of sp³-hybridized carbons (Fsp3) is 0.750. The fourth-order valence-corrected chi connectivity index (χ4v) is 0.657. The van der Waals surface area contributed by atoms with Gasteiger partial charge in [-0.15, -0.1) is 0 Å². The van der Waals surface area contributed by atoms with Crippen LogP contribution in [-0.2, 0) is 23.8 Å². The molecule has 15 heavy (non-hydrogen) atoms. The van der Waals surface area contributed by atoms with Gasteiger partial charge in [0.1, 0.15) is 13.2 Å². The largest absolute Gasteiger partial charge is 0.480 e. The van der Waals surface area contributed by atoms with Gasteiger partial charge in [0.2, 0.25) is 0 Å². The number of rotatable bonds is 10. The van der Waals surface area contributed by atoms with Crippen LogP contribution in [0.15, 0.2) is 0 Å². The van der Waals surface area contributed by atoms with Crippen molar-refractivity contribution in [3.8, 4) is 0 Å². The molecule has 0 unspecified atom stereocenters. The van der Waals surface area contributed by atoms with Gasteiger partial charge >= 0.3 is 11.9 Å². The molecule has 0 bridgehead atoms. The lowest BCUT2D eigenvalue weighted by atomic mass is 10.7. The summed E-state index contributed by atoms with van der Waals surface area (Å²) in [5.74, 6) is -2.06. The molecule has 0 rings (SSSR count). The Morgan fingerprint density at radius 3 is 1.40 bits per heavy atom. The summed E-state index contributed by atoms with van der Waals surface area (Å²) in [5, 5.41) is 16.4. The lowest BCUT2D eigenvalue weighted by Gasteiger charge is -2.04. The van der Waals surface area contributed by atoms with E-state index in [9.17, 15) is 9.59 Å². The third-order valence-electron chi connectivity index (χ3n) is 1.20. The number of carboxylic acids is 2. The van der Waals surface area contributed by atoms with Crippen molar-refractivity contribution in [3.05, 3.63) is 0 Å². The molecule has 0 atom stereocenters. The molecule has 2 N–H and O–H groups in total. The molecule has 0 saturated heterocycles. The molecule has 7 nitrogen and oxygen atoms in total. The standard InChI is InChI=1S/C8H14O7/c9-7(10)5-14-3-1-13-2-4-15-6-8(11)12/h1-6H2,(H,9,10)(H,11,12). The summed E-state index contributed by atoms with van der Waals surface area (Å²) >= 11 is 0. The molecule has 0 spiro atoms. The van der Waals surface area contributed by atoms with E-state index in [1.54, 1.807) is 0 Å². The average Bonchev–Trinajstić information content (AvgIpc) is 2.14. The van der Waals surface area contributed by atoms with Crippen molar-refractivity contribution in [2.45, 2.75) is 0 Å². The fourth-order valence-electron chi connectivity index (χ4n) is 0.657. The Balaban J connectivity index is 2.99. The Morgan fingerprint density at radius 1 is 0.733 bits per heavy atom. The molecule has 0 aliphatic heterocycles. The van der Waals surface area contributed by atoms with E-state index in [4.69, 9.17) is 14.9 Å². The van der Waals surface area contributed by atoms with E-state index >= 15 is 0 Å². The Morgan fingerprint density at radius 2 is 1.07 bits per heavy atom. The van der Waals surface area contributed by atoms with Gasteiger partial charge in [0.05, 0.1) is 26.4 Å². The smallest absolute Gasteiger partial charge is 0.329 e. The van der Waals surface area contributed by atoms with Gasteiger partial charge in [0, 0.05) is 0 Å². The first-order valence-electron chi connectivity index (χ1n) is 4.29. The SMILES string of the molecule is O=C(O)COCCOCCOCC(=O)O. The van der Waals surface area contributed by atoms with E-state index in [2.05, 4.69) is 9.47 Å². The molecular weight excluding hydrogens is 208 g/mol. The van der Waals surface area contributed by atoms with E-state index in [1.807, 2.05) is 0 Å². The van der Waals surface area contributed by atoms with Gasteiger partial charge in [-0.25, -0.2) is 9.59 Å². The second-order valence-electron chi connectivity index (χ2n) is 2.51. The lowest BCUT2D eigenvalue weighted by molar-refractivity contribution is -0.142. The Labute approximate surface area is 86.5 Å². The van der Waals surface area contributed by atoms with Gasteiger partial charge in [-0.05, 0) is 0 Å². The number of carbonyl (C=O) groups is 2. The van der Waals surface area contributed by atoms with Crippen molar-refractivity contribution >= 4 is 11.9 Å². The van der Waals surface area contributed by atoms with Crippen molar-refractivity contribution in [3.63, 3.8) is 0 Å². The normalized spacial score (nSPS) is 10.1. The summed E-state index contributed by atoms with van der Waals surface area (Å²) in [6.45, 7) is 0.182. The highest BCUT2D eigenvalue weighted by molar-refractivity contribution is 5.68. The van der Waals surface area contributed by atoms with Crippen LogP contribution in [0.3, 0.4) is 0 Å². The molecule has 0 saturated carbocycles. The number of carboxylic acid groups (broad SMARTS) is 2. The van der Waals surface area contributed by atoms with E-state index in [0.29, 0.717) is 0 Å². The Bertz CT molecular complexity index is 171. The van der Waals surface area contributed by atoms with Gasteiger partial charge in [-0.2, -0.15) is 0 Å². The van der Waals surface area contributed by atoms with E-state index in [0.717, 1.165) is 0 Å². The molecular formula is C8H14O7. The zero-order valence-electron chi connectivity index (χ0n) is 8.18. The van der Waals surface area contributed by atoms with Crippen LogP contribution < -0.4 is 0 Å². The first-order valence-corrected chi connectivity index (χ1v) is 4.29. The quantitative estimate of drug-likeness (QED) is 0.467. The Kier molecular flexibility index (Phi) is 8.64. The Hall–Kier alpha value is -1.18. The molecule has 0 fully saturated rings. The van der Waals surface area contributed by atoms with Crippen molar-refractivity contribution in [2.75, 3.05) is 39.6 Å². The zero-order valence-corrected chi connectivity index (χ0v) is 8.18. The van der Waals surface area contributed by atoms with E-state index < -0.39 is 11.9 Å². The maximum absolute atomic E-state index is 10.00. The monoisotopic (exact) mass is 222 g/mol. The highest BCUT2D eigenvalue weighted by atomic mass is 16.6. The molecule has 0 amide bonds. The van der Waals surface area contributed by atoms with Crippen LogP contribution in [0.2, 0.25) is 0 Å². The van der Waals surface area contributed by atoms with Crippen LogP contribution in [-0.4, -0.2) is 61.8 Å². The molecule has 0 radical (unpaired) electrons. The third-order valence-corrected chi connectivity index (χ3v) is 1.20. The van der Waals surface area contributed by atoms with Crippen LogP contribution >= 0.6 is 0 Å². The van der Waals surface area contributed by atoms with Gasteiger partial charge in [0.15, 0.2) is 0 Å². The topological polar surface area (TPSA) is 102 Å². The second-order valence-corrected chi connectivity index (χ2v) is 2.51. The van der Waals surface area contributed by atoms with Gasteiger partial charge < -0.3 is 24.4 Å². The summed E-state index contributed by atoms with van der Waals surface area (Å²) in [5.41, 5.74) is 0. The third kappa shape index (κ3) is 12.8. The number of hydrogen-bond acceptors (Lipinski definition) is 5. The predicted molar refractivity (Wildman–Crippen MR) is 47.7 cm³/mol. The zero-order chi connectivity index (χ0) is 11.5. The summed E-state index contributed by atoms with van der Waals surface area (Å²) in [4.78, 5) is 20.0. The maximum atomic E-state index is 10.00. The average molecular weight is 222 g/mol. The van der Waals surface area contributed by atoms with Crippen LogP contribution in [0.5, 0.6) is 0 Å². The predicted octanol–water partition coefficient (Wildman–Crippen LogP) is -0.795. The van der Waals surface area contributed by atoms with Crippen LogP contribution in [0.25, 0.3) is 0 Å². The van der Waals surface area contributed by atoms with E-state index in [1.165, 1.54) is 0 Å². The lowest BCUT2D eigenvalue weighted by Crippen LogP contribution is -2.14. The summed E-state index contributed by atoms with van der Waals surface area (Å²) in [6.07, 6.45) is 0. The summed E-state index contributed by atoms with van der Waals surface area (Å²) in [6, 6.07) is 0. The summed E-state index contributed by atoms with van der Waals surface area (Å²) < 4.78 is 14.3. The molecule has 0 aromatic carbocycles.